The lowest BCUT2D eigenvalue weighted by atomic mass is 9.84. The third kappa shape index (κ3) is 7.70. The van der Waals surface area contributed by atoms with Gasteiger partial charge in [0.1, 0.15) is 5.69 Å². The third-order valence-electron chi connectivity index (χ3n) is 9.61. The number of hydrogen-bond donors (Lipinski definition) is 2. The summed E-state index contributed by atoms with van der Waals surface area (Å²) in [5.41, 5.74) is 0.817. The average Bonchev–Trinajstić information content (AvgIpc) is 3.11. The Balaban J connectivity index is 1.16. The molecular weight excluding hydrogens is 613 g/mol. The number of fused-ring (bicyclic) bond motifs is 1. The number of nitrogens with one attached hydrogen (secondary N) is 2. The van der Waals surface area contributed by atoms with E-state index in [0.717, 1.165) is 42.5 Å². The van der Waals surface area contributed by atoms with Crippen molar-refractivity contribution in [2.75, 3.05) is 52.9 Å². The van der Waals surface area contributed by atoms with Crippen molar-refractivity contribution < 1.29 is 18.0 Å². The van der Waals surface area contributed by atoms with Crippen LogP contribution in [0.15, 0.2) is 102 Å². The Kier molecular flexibility index (Phi) is 9.97. The second kappa shape index (κ2) is 14.3. The van der Waals surface area contributed by atoms with Gasteiger partial charge < -0.3 is 15.1 Å². The summed E-state index contributed by atoms with van der Waals surface area (Å²) in [6.07, 6.45) is 3.00. The molecule has 1 unspecified atom stereocenters. The lowest BCUT2D eigenvalue weighted by molar-refractivity contribution is -0.134. The number of hydrogen-bond acceptors (Lipinski definition) is 7. The predicted molar refractivity (Wildman–Crippen MR) is 182 cm³/mol. The average molecular weight is 655 g/mol. The van der Waals surface area contributed by atoms with Gasteiger partial charge in [0.25, 0.3) is 5.91 Å². The first-order chi connectivity index (χ1) is 22.7. The molecule has 10 nitrogen and oxygen atoms in total. The second-order valence-corrected chi connectivity index (χ2v) is 14.3. The van der Waals surface area contributed by atoms with Gasteiger partial charge in [-0.2, -0.15) is 0 Å². The maximum absolute atomic E-state index is 13.9. The van der Waals surface area contributed by atoms with Crippen LogP contribution < -0.4 is 10.0 Å². The Hall–Kier alpha value is -4.16. The molecule has 3 aromatic carbocycles. The van der Waals surface area contributed by atoms with Gasteiger partial charge in [-0.3, -0.25) is 19.5 Å². The van der Waals surface area contributed by atoms with Gasteiger partial charge in [-0.25, -0.2) is 13.1 Å². The zero-order chi connectivity index (χ0) is 32.9. The number of carbonyl (C=O) groups excluding carboxylic acids is 2. The highest BCUT2D eigenvalue weighted by atomic mass is 32.2. The number of amides is 2. The van der Waals surface area contributed by atoms with Crippen LogP contribution in [0, 0.1) is 0 Å². The molecule has 4 aromatic rings. The molecule has 2 aliphatic rings. The van der Waals surface area contributed by atoms with E-state index in [0.29, 0.717) is 38.2 Å². The van der Waals surface area contributed by atoms with Crippen LogP contribution in [0.3, 0.4) is 0 Å². The van der Waals surface area contributed by atoms with E-state index in [4.69, 9.17) is 0 Å². The molecule has 47 heavy (non-hydrogen) atoms. The maximum atomic E-state index is 13.9. The summed E-state index contributed by atoms with van der Waals surface area (Å²) in [4.78, 5) is 37.8. The minimum atomic E-state index is -3.93. The number of aromatic nitrogens is 1. The van der Waals surface area contributed by atoms with Gasteiger partial charge in [-0.15, -0.1) is 0 Å². The van der Waals surface area contributed by atoms with E-state index >= 15 is 0 Å². The first-order valence-corrected chi connectivity index (χ1v) is 17.7. The monoisotopic (exact) mass is 654 g/mol. The standard InChI is InChI=1S/C36H42N6O4S/c1-40-21-23-42(24-22-40)36(27-38-35(44)32-13-7-8-18-37-32)16-19-41(20-17-36)34(43)26-33(29-10-3-2-4-11-29)39-47(45,46)31-15-14-28-9-5-6-12-30(28)25-31/h2-15,18,25,33,39H,16-17,19-24,26-27H2,1H3,(H,38,44). The Morgan fingerprint density at radius 2 is 1.51 bits per heavy atom. The van der Waals surface area contributed by atoms with Gasteiger partial charge in [-0.05, 0) is 60.5 Å². The number of piperidine rings is 1. The number of carbonyl (C=O) groups is 2. The largest absolute Gasteiger partial charge is 0.349 e. The van der Waals surface area contributed by atoms with Crippen molar-refractivity contribution in [2.24, 2.45) is 0 Å². The maximum Gasteiger partial charge on any atom is 0.269 e. The molecule has 6 rings (SSSR count). The Morgan fingerprint density at radius 3 is 2.21 bits per heavy atom. The molecule has 1 atom stereocenters. The van der Waals surface area contributed by atoms with Gasteiger partial charge in [-0.1, -0.05) is 66.7 Å². The van der Waals surface area contributed by atoms with Crippen molar-refractivity contribution in [3.05, 3.63) is 108 Å². The molecular formula is C36H42N6O4S. The molecule has 2 amide bonds. The number of piperazine rings is 1. The molecule has 11 heteroatoms. The Labute approximate surface area is 276 Å². The van der Waals surface area contributed by atoms with E-state index in [1.54, 1.807) is 42.6 Å². The normalized spacial score (nSPS) is 18.1. The molecule has 1 aromatic heterocycles. The van der Waals surface area contributed by atoms with Crippen LogP contribution in [-0.4, -0.2) is 98.3 Å². The summed E-state index contributed by atoms with van der Waals surface area (Å²) in [7, 11) is -1.81. The zero-order valence-corrected chi connectivity index (χ0v) is 27.5. The third-order valence-corrected chi connectivity index (χ3v) is 11.1. The van der Waals surface area contributed by atoms with Crippen molar-refractivity contribution in [3.63, 3.8) is 0 Å². The summed E-state index contributed by atoms with van der Waals surface area (Å²) in [6, 6.07) is 26.5. The first kappa shape index (κ1) is 32.8. The quantitative estimate of drug-likeness (QED) is 0.268. The van der Waals surface area contributed by atoms with Crippen LogP contribution in [0.2, 0.25) is 0 Å². The van der Waals surface area contributed by atoms with E-state index in [-0.39, 0.29) is 28.7 Å². The fourth-order valence-corrected chi connectivity index (χ4v) is 7.96. The minimum absolute atomic E-state index is 0.00521. The Morgan fingerprint density at radius 1 is 0.830 bits per heavy atom. The van der Waals surface area contributed by atoms with Crippen molar-refractivity contribution in [1.29, 1.82) is 0 Å². The van der Waals surface area contributed by atoms with Gasteiger partial charge in [0, 0.05) is 64.0 Å². The van der Waals surface area contributed by atoms with Crippen LogP contribution in [0.25, 0.3) is 10.8 Å². The molecule has 2 aliphatic heterocycles. The molecule has 0 saturated carbocycles. The van der Waals surface area contributed by atoms with E-state index in [2.05, 4.69) is 31.9 Å². The van der Waals surface area contributed by atoms with Crippen LogP contribution in [0.4, 0.5) is 0 Å². The fourth-order valence-electron chi connectivity index (χ4n) is 6.70. The van der Waals surface area contributed by atoms with Gasteiger partial charge >= 0.3 is 0 Å². The zero-order valence-electron chi connectivity index (χ0n) is 26.7. The molecule has 0 bridgehead atoms. The summed E-state index contributed by atoms with van der Waals surface area (Å²) >= 11 is 0. The molecule has 3 heterocycles. The molecule has 2 fully saturated rings. The SMILES string of the molecule is CN1CCN(C2(CNC(=O)c3ccccn3)CCN(C(=O)CC(NS(=O)(=O)c3ccc4ccccc4c3)c3ccccc3)CC2)CC1. The van der Waals surface area contributed by atoms with E-state index in [1.807, 2.05) is 59.5 Å². The molecule has 0 aliphatic carbocycles. The minimum Gasteiger partial charge on any atom is -0.349 e. The number of sulfonamides is 1. The topological polar surface area (TPSA) is 115 Å². The van der Waals surface area contributed by atoms with Gasteiger partial charge in [0.05, 0.1) is 10.9 Å². The van der Waals surface area contributed by atoms with E-state index in [9.17, 15) is 18.0 Å². The van der Waals surface area contributed by atoms with Crippen molar-refractivity contribution in [3.8, 4) is 0 Å². The molecule has 0 spiro atoms. The number of pyridine rings is 1. The molecule has 246 valence electrons. The number of likely N-dealkylation sites (tertiary alicyclic amines) is 1. The second-order valence-electron chi connectivity index (χ2n) is 12.6. The Bertz CT molecular complexity index is 1790. The molecule has 2 saturated heterocycles. The first-order valence-electron chi connectivity index (χ1n) is 16.2. The van der Waals surface area contributed by atoms with Gasteiger partial charge in [0.15, 0.2) is 0 Å². The van der Waals surface area contributed by atoms with Crippen LogP contribution in [0.5, 0.6) is 0 Å². The van der Waals surface area contributed by atoms with Gasteiger partial charge in [0.2, 0.25) is 15.9 Å². The number of nitrogens with zero attached hydrogens (tertiary/aromatic N) is 4. The van der Waals surface area contributed by atoms with Crippen LogP contribution in [0.1, 0.15) is 41.4 Å². The summed E-state index contributed by atoms with van der Waals surface area (Å²) in [5, 5.41) is 4.91. The van der Waals surface area contributed by atoms with Crippen molar-refractivity contribution >= 4 is 32.6 Å². The number of benzene rings is 3. The van der Waals surface area contributed by atoms with Crippen LogP contribution >= 0.6 is 0 Å². The lowest BCUT2D eigenvalue weighted by Crippen LogP contribution is -2.64. The predicted octanol–water partition coefficient (Wildman–Crippen LogP) is 3.68. The highest BCUT2D eigenvalue weighted by molar-refractivity contribution is 7.89. The van der Waals surface area contributed by atoms with Crippen molar-refractivity contribution in [2.45, 2.75) is 35.7 Å². The molecule has 2 N–H and O–H groups in total. The summed E-state index contributed by atoms with van der Waals surface area (Å²) in [5.74, 6) is -0.313. The van der Waals surface area contributed by atoms with E-state index < -0.39 is 16.1 Å². The molecule has 0 radical (unpaired) electrons. The highest BCUT2D eigenvalue weighted by Gasteiger charge is 2.42. The summed E-state index contributed by atoms with van der Waals surface area (Å²) < 4.78 is 30.1. The lowest BCUT2D eigenvalue weighted by Gasteiger charge is -2.51. The smallest absolute Gasteiger partial charge is 0.269 e. The van der Waals surface area contributed by atoms with E-state index in [1.165, 1.54) is 0 Å². The van der Waals surface area contributed by atoms with Crippen molar-refractivity contribution in [1.82, 2.24) is 29.7 Å². The highest BCUT2D eigenvalue weighted by Crippen LogP contribution is 2.31. The number of rotatable bonds is 10. The summed E-state index contributed by atoms with van der Waals surface area (Å²) in [6.45, 7) is 5.15. The fraction of sp³-hybridized carbons (Fsp3) is 0.361. The number of likely N-dealkylation sites (N-methyl/N-ethyl adjacent to an activating group) is 1. The van der Waals surface area contributed by atoms with Crippen LogP contribution in [-0.2, 0) is 14.8 Å².